The Morgan fingerprint density at radius 3 is 2.46 bits per heavy atom. The Labute approximate surface area is 79.4 Å². The molecule has 76 valence electrons. The van der Waals surface area contributed by atoms with E-state index < -0.39 is 0 Å². The van der Waals surface area contributed by atoms with Gasteiger partial charge >= 0.3 is 5.97 Å². The van der Waals surface area contributed by atoms with E-state index in [1.807, 2.05) is 0 Å². The molecule has 0 bridgehead atoms. The number of methoxy groups -OCH3 is 1. The van der Waals surface area contributed by atoms with Crippen molar-refractivity contribution in [2.75, 3.05) is 13.7 Å². The summed E-state index contributed by atoms with van der Waals surface area (Å²) in [5.41, 5.74) is 0. The molecule has 1 saturated carbocycles. The van der Waals surface area contributed by atoms with E-state index in [0.29, 0.717) is 0 Å². The molecular formula is C10H18O3. The highest BCUT2D eigenvalue weighted by Gasteiger charge is 2.19. The Morgan fingerprint density at radius 2 is 1.92 bits per heavy atom. The van der Waals surface area contributed by atoms with Crippen LogP contribution in [-0.4, -0.2) is 25.8 Å². The fraction of sp³-hybridized carbons (Fsp3) is 0.900. The smallest absolute Gasteiger partial charge is 0.331 e. The summed E-state index contributed by atoms with van der Waals surface area (Å²) in [5, 5.41) is 0. The van der Waals surface area contributed by atoms with Gasteiger partial charge in [-0.2, -0.15) is 0 Å². The average Bonchev–Trinajstić information content (AvgIpc) is 2.16. The normalized spacial score (nSPS) is 28.5. The van der Waals surface area contributed by atoms with Crippen molar-refractivity contribution in [3.8, 4) is 0 Å². The van der Waals surface area contributed by atoms with E-state index in [2.05, 4.69) is 11.7 Å². The van der Waals surface area contributed by atoms with Crippen LogP contribution < -0.4 is 0 Å². The molecule has 1 fully saturated rings. The predicted molar refractivity (Wildman–Crippen MR) is 49.4 cm³/mol. The average molecular weight is 186 g/mol. The van der Waals surface area contributed by atoms with Crippen molar-refractivity contribution < 1.29 is 14.3 Å². The van der Waals surface area contributed by atoms with Gasteiger partial charge < -0.3 is 9.47 Å². The lowest BCUT2D eigenvalue weighted by Gasteiger charge is -2.25. The summed E-state index contributed by atoms with van der Waals surface area (Å²) in [4.78, 5) is 10.8. The number of hydrogen-bond acceptors (Lipinski definition) is 3. The van der Waals surface area contributed by atoms with Crippen molar-refractivity contribution in [3.63, 3.8) is 0 Å². The fourth-order valence-corrected chi connectivity index (χ4v) is 1.64. The zero-order valence-corrected chi connectivity index (χ0v) is 8.41. The van der Waals surface area contributed by atoms with Gasteiger partial charge in [0.05, 0.1) is 13.2 Å². The summed E-state index contributed by atoms with van der Waals surface area (Å²) in [5.74, 6) is 0.539. The molecular weight excluding hydrogens is 168 g/mol. The molecule has 1 rings (SSSR count). The molecule has 0 aromatic carbocycles. The van der Waals surface area contributed by atoms with Crippen molar-refractivity contribution >= 4 is 5.97 Å². The van der Waals surface area contributed by atoms with Crippen LogP contribution in [0.2, 0.25) is 0 Å². The van der Waals surface area contributed by atoms with Crippen LogP contribution in [0.4, 0.5) is 0 Å². The Hall–Kier alpha value is -0.570. The van der Waals surface area contributed by atoms with Crippen molar-refractivity contribution in [2.24, 2.45) is 5.92 Å². The third-order valence-electron chi connectivity index (χ3n) is 2.63. The maximum atomic E-state index is 10.8. The zero-order valence-electron chi connectivity index (χ0n) is 8.41. The van der Waals surface area contributed by atoms with Crippen LogP contribution in [0, 0.1) is 5.92 Å². The van der Waals surface area contributed by atoms with E-state index in [0.717, 1.165) is 18.8 Å². The molecule has 0 spiro atoms. The molecule has 0 amide bonds. The monoisotopic (exact) mass is 186 g/mol. The molecule has 0 atom stereocenters. The third kappa shape index (κ3) is 3.77. The number of rotatable bonds is 3. The van der Waals surface area contributed by atoms with E-state index in [-0.39, 0.29) is 18.7 Å². The van der Waals surface area contributed by atoms with Crippen LogP contribution in [0.5, 0.6) is 0 Å². The molecule has 0 unspecified atom stereocenters. The number of esters is 1. The second-order valence-corrected chi connectivity index (χ2v) is 3.77. The highest BCUT2D eigenvalue weighted by Crippen LogP contribution is 2.25. The molecule has 0 aromatic heterocycles. The molecule has 0 radical (unpaired) electrons. The lowest BCUT2D eigenvalue weighted by molar-refractivity contribution is -0.148. The summed E-state index contributed by atoms with van der Waals surface area (Å²) >= 11 is 0. The standard InChI is InChI=1S/C10H18O3/c1-8-3-5-9(6-4-8)13-7-10(11)12-2/h8-9H,3-7H2,1-2H3. The summed E-state index contributed by atoms with van der Waals surface area (Å²) in [6.07, 6.45) is 4.86. The summed E-state index contributed by atoms with van der Waals surface area (Å²) in [6.45, 7) is 2.37. The van der Waals surface area contributed by atoms with Crippen molar-refractivity contribution in [3.05, 3.63) is 0 Å². The maximum Gasteiger partial charge on any atom is 0.331 e. The first-order valence-corrected chi connectivity index (χ1v) is 4.90. The highest BCUT2D eigenvalue weighted by atomic mass is 16.6. The van der Waals surface area contributed by atoms with E-state index in [1.165, 1.54) is 20.0 Å². The van der Waals surface area contributed by atoms with Gasteiger partial charge in [-0.15, -0.1) is 0 Å². The topological polar surface area (TPSA) is 35.5 Å². The molecule has 0 heterocycles. The first kappa shape index (κ1) is 10.5. The van der Waals surface area contributed by atoms with Gasteiger partial charge in [-0.05, 0) is 31.6 Å². The quantitative estimate of drug-likeness (QED) is 0.630. The third-order valence-corrected chi connectivity index (χ3v) is 2.63. The molecule has 3 nitrogen and oxygen atoms in total. The van der Waals surface area contributed by atoms with Crippen molar-refractivity contribution in [1.29, 1.82) is 0 Å². The van der Waals surface area contributed by atoms with Crippen LogP contribution in [0.25, 0.3) is 0 Å². The Bertz CT molecular complexity index is 160. The number of carbonyl (C=O) groups excluding carboxylic acids is 1. The molecule has 13 heavy (non-hydrogen) atoms. The molecule has 1 aliphatic carbocycles. The van der Waals surface area contributed by atoms with Gasteiger partial charge in [-0.25, -0.2) is 4.79 Å². The van der Waals surface area contributed by atoms with Crippen LogP contribution in [0.1, 0.15) is 32.6 Å². The van der Waals surface area contributed by atoms with Crippen LogP contribution in [-0.2, 0) is 14.3 Å². The lowest BCUT2D eigenvalue weighted by Crippen LogP contribution is -2.23. The Balaban J connectivity index is 2.12. The molecule has 1 aliphatic rings. The van der Waals surface area contributed by atoms with Gasteiger partial charge in [-0.3, -0.25) is 0 Å². The van der Waals surface area contributed by atoms with Crippen LogP contribution >= 0.6 is 0 Å². The largest absolute Gasteiger partial charge is 0.467 e. The van der Waals surface area contributed by atoms with Gasteiger partial charge in [0.2, 0.25) is 0 Å². The Morgan fingerprint density at radius 1 is 1.31 bits per heavy atom. The van der Waals surface area contributed by atoms with Crippen molar-refractivity contribution in [1.82, 2.24) is 0 Å². The van der Waals surface area contributed by atoms with E-state index in [9.17, 15) is 4.79 Å². The van der Waals surface area contributed by atoms with Gasteiger partial charge in [0.1, 0.15) is 6.61 Å². The minimum Gasteiger partial charge on any atom is -0.467 e. The van der Waals surface area contributed by atoms with E-state index >= 15 is 0 Å². The van der Waals surface area contributed by atoms with Gasteiger partial charge in [0.15, 0.2) is 0 Å². The summed E-state index contributed by atoms with van der Waals surface area (Å²) < 4.78 is 9.91. The molecule has 0 N–H and O–H groups in total. The second kappa shape index (κ2) is 5.22. The van der Waals surface area contributed by atoms with Crippen LogP contribution in [0.15, 0.2) is 0 Å². The second-order valence-electron chi connectivity index (χ2n) is 3.77. The van der Waals surface area contributed by atoms with Gasteiger partial charge in [-0.1, -0.05) is 6.92 Å². The summed E-state index contributed by atoms with van der Waals surface area (Å²) in [6, 6.07) is 0. The molecule has 0 saturated heterocycles. The fourth-order valence-electron chi connectivity index (χ4n) is 1.64. The first-order chi connectivity index (χ1) is 6.22. The zero-order chi connectivity index (χ0) is 9.68. The maximum absolute atomic E-state index is 10.8. The number of hydrogen-bond donors (Lipinski definition) is 0. The van der Waals surface area contributed by atoms with E-state index in [1.54, 1.807) is 0 Å². The first-order valence-electron chi connectivity index (χ1n) is 4.90. The Kier molecular flexibility index (Phi) is 4.22. The molecule has 0 aliphatic heterocycles. The number of ether oxygens (including phenoxy) is 2. The lowest BCUT2D eigenvalue weighted by atomic mass is 9.89. The predicted octanol–water partition coefficient (Wildman–Crippen LogP) is 1.75. The number of carbonyl (C=O) groups is 1. The van der Waals surface area contributed by atoms with Crippen LogP contribution in [0.3, 0.4) is 0 Å². The SMILES string of the molecule is COC(=O)COC1CCC(C)CC1. The van der Waals surface area contributed by atoms with Crippen molar-refractivity contribution in [2.45, 2.75) is 38.7 Å². The van der Waals surface area contributed by atoms with Gasteiger partial charge in [0, 0.05) is 0 Å². The van der Waals surface area contributed by atoms with Gasteiger partial charge in [0.25, 0.3) is 0 Å². The highest BCUT2D eigenvalue weighted by molar-refractivity contribution is 5.70. The molecule has 3 heteroatoms. The molecule has 0 aromatic rings. The minimum atomic E-state index is -0.279. The van der Waals surface area contributed by atoms with E-state index in [4.69, 9.17) is 4.74 Å². The minimum absolute atomic E-state index is 0.107. The summed E-state index contributed by atoms with van der Waals surface area (Å²) in [7, 11) is 1.38.